The van der Waals surface area contributed by atoms with Crippen molar-refractivity contribution in [1.29, 1.82) is 0 Å². The highest BCUT2D eigenvalue weighted by atomic mass is 15.3. The number of aromatic nitrogens is 4. The fourth-order valence-electron chi connectivity index (χ4n) is 1.79. The van der Waals surface area contributed by atoms with Gasteiger partial charge in [0.05, 0.1) is 5.69 Å². The molecule has 0 amide bonds. The first-order chi connectivity index (χ1) is 8.61. The predicted octanol–water partition coefficient (Wildman–Crippen LogP) is 0.725. The fraction of sp³-hybridized carbons (Fsp3) is 0.364. The fourth-order valence-corrected chi connectivity index (χ4v) is 1.79. The van der Waals surface area contributed by atoms with Crippen LogP contribution in [0.1, 0.15) is 17.0 Å². The molecule has 0 unspecified atom stereocenters. The van der Waals surface area contributed by atoms with E-state index in [1.165, 1.54) is 11.9 Å². The topological polar surface area (TPSA) is 93.7 Å². The summed E-state index contributed by atoms with van der Waals surface area (Å²) in [6.07, 6.45) is 1.46. The Morgan fingerprint density at radius 1 is 1.28 bits per heavy atom. The van der Waals surface area contributed by atoms with Crippen LogP contribution >= 0.6 is 0 Å². The lowest BCUT2D eigenvalue weighted by Gasteiger charge is -2.07. The summed E-state index contributed by atoms with van der Waals surface area (Å²) >= 11 is 0. The van der Waals surface area contributed by atoms with E-state index >= 15 is 0 Å². The summed E-state index contributed by atoms with van der Waals surface area (Å²) in [7, 11) is 1.94. The third kappa shape index (κ3) is 2.40. The Hall–Kier alpha value is -2.15. The van der Waals surface area contributed by atoms with Crippen molar-refractivity contribution in [3.8, 4) is 0 Å². The highest BCUT2D eigenvalue weighted by Crippen LogP contribution is 2.14. The Morgan fingerprint density at radius 3 is 2.61 bits per heavy atom. The molecule has 0 aliphatic rings. The second-order valence-electron chi connectivity index (χ2n) is 4.06. The number of rotatable bonds is 4. The van der Waals surface area contributed by atoms with Crippen molar-refractivity contribution in [2.45, 2.75) is 20.4 Å². The second kappa shape index (κ2) is 5.01. The second-order valence-corrected chi connectivity index (χ2v) is 4.06. The van der Waals surface area contributed by atoms with Crippen LogP contribution in [0.3, 0.4) is 0 Å². The molecule has 0 aliphatic carbocycles. The smallest absolute Gasteiger partial charge is 0.145 e. The number of hydrazine groups is 1. The number of anilines is 2. The van der Waals surface area contributed by atoms with Crippen LogP contribution in [0.25, 0.3) is 0 Å². The Kier molecular flexibility index (Phi) is 3.42. The zero-order valence-corrected chi connectivity index (χ0v) is 10.7. The van der Waals surface area contributed by atoms with E-state index in [0.717, 1.165) is 17.2 Å². The first kappa shape index (κ1) is 12.3. The molecule has 0 spiro atoms. The number of nitrogens with two attached hydrogens (primary N) is 1. The zero-order chi connectivity index (χ0) is 13.1. The average Bonchev–Trinajstić information content (AvgIpc) is 2.61. The Bertz CT molecular complexity index is 546. The van der Waals surface area contributed by atoms with Gasteiger partial charge in [0, 0.05) is 30.9 Å². The molecule has 2 aromatic rings. The minimum atomic E-state index is 0.576. The van der Waals surface area contributed by atoms with E-state index in [2.05, 4.69) is 25.8 Å². The molecule has 96 valence electrons. The summed E-state index contributed by atoms with van der Waals surface area (Å²) in [6, 6.07) is 1.75. The standard InChI is InChI=1S/C11H17N7/c1-7-9(8(2)18(3)17-7)5-13-10-4-11(16-12)15-6-14-10/h4,6H,5,12H2,1-3H3,(H2,13,14,15,16). The van der Waals surface area contributed by atoms with E-state index in [9.17, 15) is 0 Å². The Balaban J connectivity index is 2.11. The van der Waals surface area contributed by atoms with Crippen molar-refractivity contribution in [1.82, 2.24) is 19.7 Å². The van der Waals surface area contributed by atoms with Crippen LogP contribution in [-0.2, 0) is 13.6 Å². The van der Waals surface area contributed by atoms with E-state index < -0.39 is 0 Å². The van der Waals surface area contributed by atoms with Crippen molar-refractivity contribution < 1.29 is 0 Å². The molecule has 0 saturated heterocycles. The van der Waals surface area contributed by atoms with Crippen molar-refractivity contribution in [3.05, 3.63) is 29.3 Å². The third-order valence-corrected chi connectivity index (χ3v) is 2.92. The summed E-state index contributed by atoms with van der Waals surface area (Å²) in [5.41, 5.74) is 5.83. The summed E-state index contributed by atoms with van der Waals surface area (Å²) in [5, 5.41) is 7.60. The molecule has 0 bridgehead atoms. The summed E-state index contributed by atoms with van der Waals surface area (Å²) < 4.78 is 1.87. The van der Waals surface area contributed by atoms with Crippen molar-refractivity contribution in [2.75, 3.05) is 10.7 Å². The number of hydrogen-bond acceptors (Lipinski definition) is 6. The monoisotopic (exact) mass is 247 g/mol. The maximum Gasteiger partial charge on any atom is 0.145 e. The van der Waals surface area contributed by atoms with Gasteiger partial charge >= 0.3 is 0 Å². The van der Waals surface area contributed by atoms with Crippen LogP contribution in [0.4, 0.5) is 11.6 Å². The molecule has 0 saturated carbocycles. The maximum absolute atomic E-state index is 5.30. The van der Waals surface area contributed by atoms with Gasteiger partial charge in [-0.2, -0.15) is 5.10 Å². The van der Waals surface area contributed by atoms with E-state index in [4.69, 9.17) is 5.84 Å². The minimum Gasteiger partial charge on any atom is -0.366 e. The van der Waals surface area contributed by atoms with Gasteiger partial charge in [-0.05, 0) is 13.8 Å². The van der Waals surface area contributed by atoms with Gasteiger partial charge in [-0.3, -0.25) is 4.68 Å². The molecule has 0 atom stereocenters. The minimum absolute atomic E-state index is 0.576. The normalized spacial score (nSPS) is 10.4. The van der Waals surface area contributed by atoms with Crippen LogP contribution < -0.4 is 16.6 Å². The average molecular weight is 247 g/mol. The zero-order valence-electron chi connectivity index (χ0n) is 10.7. The molecule has 2 aromatic heterocycles. The molecule has 0 aliphatic heterocycles. The van der Waals surface area contributed by atoms with Crippen LogP contribution in [0.15, 0.2) is 12.4 Å². The molecular formula is C11H17N7. The molecule has 0 aromatic carbocycles. The van der Waals surface area contributed by atoms with E-state index in [0.29, 0.717) is 12.4 Å². The summed E-state index contributed by atoms with van der Waals surface area (Å²) in [5.74, 6) is 6.59. The molecule has 7 nitrogen and oxygen atoms in total. The van der Waals surface area contributed by atoms with E-state index in [1.807, 2.05) is 25.6 Å². The molecule has 7 heteroatoms. The molecule has 2 rings (SSSR count). The number of aryl methyl sites for hydroxylation is 2. The number of hydrogen-bond donors (Lipinski definition) is 3. The summed E-state index contributed by atoms with van der Waals surface area (Å²) in [6.45, 7) is 4.72. The van der Waals surface area contributed by atoms with Crippen LogP contribution in [0.2, 0.25) is 0 Å². The van der Waals surface area contributed by atoms with Gasteiger partial charge in [-0.25, -0.2) is 15.8 Å². The first-order valence-electron chi connectivity index (χ1n) is 5.63. The molecule has 0 fully saturated rings. The highest BCUT2D eigenvalue weighted by molar-refractivity contribution is 5.46. The SMILES string of the molecule is Cc1nn(C)c(C)c1CNc1cc(NN)ncn1. The lowest BCUT2D eigenvalue weighted by molar-refractivity contribution is 0.730. The van der Waals surface area contributed by atoms with E-state index in [1.54, 1.807) is 6.07 Å². The van der Waals surface area contributed by atoms with Crippen LogP contribution in [0.5, 0.6) is 0 Å². The number of nitrogen functional groups attached to an aromatic ring is 1. The lowest BCUT2D eigenvalue weighted by Crippen LogP contribution is -2.10. The van der Waals surface area contributed by atoms with Crippen LogP contribution in [-0.4, -0.2) is 19.7 Å². The maximum atomic E-state index is 5.30. The predicted molar refractivity (Wildman–Crippen MR) is 69.9 cm³/mol. The molecule has 2 heterocycles. The molecular weight excluding hydrogens is 230 g/mol. The largest absolute Gasteiger partial charge is 0.366 e. The van der Waals surface area contributed by atoms with Crippen LogP contribution in [0, 0.1) is 13.8 Å². The highest BCUT2D eigenvalue weighted by Gasteiger charge is 2.09. The Labute approximate surface area is 105 Å². The molecule has 4 N–H and O–H groups in total. The van der Waals surface area contributed by atoms with Gasteiger partial charge in [0.15, 0.2) is 0 Å². The van der Waals surface area contributed by atoms with Gasteiger partial charge in [0.1, 0.15) is 18.0 Å². The van der Waals surface area contributed by atoms with Gasteiger partial charge in [-0.1, -0.05) is 0 Å². The van der Waals surface area contributed by atoms with Gasteiger partial charge < -0.3 is 10.7 Å². The first-order valence-corrected chi connectivity index (χ1v) is 5.63. The van der Waals surface area contributed by atoms with Gasteiger partial charge in [0.25, 0.3) is 0 Å². The van der Waals surface area contributed by atoms with Gasteiger partial charge in [-0.15, -0.1) is 0 Å². The van der Waals surface area contributed by atoms with Crippen molar-refractivity contribution in [2.24, 2.45) is 12.9 Å². The van der Waals surface area contributed by atoms with Crippen molar-refractivity contribution >= 4 is 11.6 Å². The van der Waals surface area contributed by atoms with Gasteiger partial charge in [0.2, 0.25) is 0 Å². The lowest BCUT2D eigenvalue weighted by atomic mass is 10.2. The van der Waals surface area contributed by atoms with Crippen molar-refractivity contribution in [3.63, 3.8) is 0 Å². The third-order valence-electron chi connectivity index (χ3n) is 2.92. The molecule has 18 heavy (non-hydrogen) atoms. The molecule has 0 radical (unpaired) electrons. The number of nitrogens with one attached hydrogen (secondary N) is 2. The summed E-state index contributed by atoms with van der Waals surface area (Å²) in [4.78, 5) is 8.07. The van der Waals surface area contributed by atoms with E-state index in [-0.39, 0.29) is 0 Å². The Morgan fingerprint density at radius 2 is 2.00 bits per heavy atom. The quantitative estimate of drug-likeness (QED) is 0.544. The number of nitrogens with zero attached hydrogens (tertiary/aromatic N) is 4.